The lowest BCUT2D eigenvalue weighted by molar-refractivity contribution is 0.356. The molecule has 24 heavy (non-hydrogen) atoms. The normalized spacial score (nSPS) is 10.5. The summed E-state index contributed by atoms with van der Waals surface area (Å²) in [4.78, 5) is 0. The molecule has 0 unspecified atom stereocenters. The lowest BCUT2D eigenvalue weighted by Crippen LogP contribution is -1.97. The number of nitrogens with zero attached hydrogens (tertiary/aromatic N) is 2. The highest BCUT2D eigenvalue weighted by Crippen LogP contribution is 2.37. The van der Waals surface area contributed by atoms with E-state index >= 15 is 0 Å². The number of methoxy groups -OCH3 is 3. The Kier molecular flexibility index (Phi) is 4.05. The molecular formula is C19H18N2O3. The Hall–Kier alpha value is -3.13. The maximum Gasteiger partial charge on any atom is 0.162 e. The van der Waals surface area contributed by atoms with E-state index in [1.807, 2.05) is 47.9 Å². The van der Waals surface area contributed by atoms with Crippen molar-refractivity contribution in [3.05, 3.63) is 47.7 Å². The van der Waals surface area contributed by atoms with Gasteiger partial charge in [-0.05, 0) is 37.3 Å². The third kappa shape index (κ3) is 2.33. The third-order valence-corrected chi connectivity index (χ3v) is 4.15. The predicted molar refractivity (Wildman–Crippen MR) is 92.4 cm³/mol. The number of aromatic nitrogens is 1. The minimum absolute atomic E-state index is 0.605. The van der Waals surface area contributed by atoms with Gasteiger partial charge in [0.05, 0.1) is 32.4 Å². The molecule has 0 aliphatic rings. The summed E-state index contributed by atoms with van der Waals surface area (Å²) in [6, 6.07) is 13.8. The number of rotatable bonds is 4. The van der Waals surface area contributed by atoms with Crippen molar-refractivity contribution in [2.45, 2.75) is 6.92 Å². The van der Waals surface area contributed by atoms with E-state index in [0.717, 1.165) is 28.0 Å². The van der Waals surface area contributed by atoms with E-state index in [1.165, 1.54) is 0 Å². The van der Waals surface area contributed by atoms with E-state index in [0.29, 0.717) is 17.1 Å². The van der Waals surface area contributed by atoms with Gasteiger partial charge >= 0.3 is 0 Å². The van der Waals surface area contributed by atoms with Crippen LogP contribution in [-0.4, -0.2) is 25.9 Å². The zero-order valence-corrected chi connectivity index (χ0v) is 14.1. The average Bonchev–Trinajstić information content (AvgIpc) is 2.90. The molecule has 0 aliphatic carbocycles. The lowest BCUT2D eigenvalue weighted by Gasteiger charge is -2.11. The quantitative estimate of drug-likeness (QED) is 0.732. The molecule has 0 bridgehead atoms. The van der Waals surface area contributed by atoms with Crippen LogP contribution in [0.25, 0.3) is 16.6 Å². The molecule has 1 aromatic heterocycles. The minimum Gasteiger partial charge on any atom is -0.497 e. The Labute approximate surface area is 140 Å². The van der Waals surface area contributed by atoms with Crippen molar-refractivity contribution in [3.8, 4) is 29.0 Å². The SMILES string of the molecule is COc1ccc(-n2c(C)c(C#N)c3cc(OC)c(OC)cc32)cc1. The van der Waals surface area contributed by atoms with Crippen molar-refractivity contribution in [1.82, 2.24) is 4.57 Å². The highest BCUT2D eigenvalue weighted by Gasteiger charge is 2.18. The van der Waals surface area contributed by atoms with Gasteiger partial charge in [-0.25, -0.2) is 0 Å². The largest absolute Gasteiger partial charge is 0.497 e. The van der Waals surface area contributed by atoms with E-state index in [1.54, 1.807) is 21.3 Å². The molecular weight excluding hydrogens is 304 g/mol. The van der Waals surface area contributed by atoms with Gasteiger partial charge in [-0.3, -0.25) is 0 Å². The van der Waals surface area contributed by atoms with Crippen molar-refractivity contribution < 1.29 is 14.2 Å². The molecule has 0 saturated carbocycles. The molecule has 3 aromatic rings. The van der Waals surface area contributed by atoms with Gasteiger partial charge < -0.3 is 18.8 Å². The third-order valence-electron chi connectivity index (χ3n) is 4.15. The summed E-state index contributed by atoms with van der Waals surface area (Å²) in [5.74, 6) is 2.02. The van der Waals surface area contributed by atoms with Crippen LogP contribution in [0, 0.1) is 18.3 Å². The summed E-state index contributed by atoms with van der Waals surface area (Å²) in [6.45, 7) is 1.93. The van der Waals surface area contributed by atoms with Crippen molar-refractivity contribution in [3.63, 3.8) is 0 Å². The summed E-state index contributed by atoms with van der Waals surface area (Å²) in [6.07, 6.45) is 0. The fraction of sp³-hybridized carbons (Fsp3) is 0.211. The molecule has 1 heterocycles. The van der Waals surface area contributed by atoms with Crippen LogP contribution in [0.2, 0.25) is 0 Å². The first-order chi connectivity index (χ1) is 11.6. The van der Waals surface area contributed by atoms with Gasteiger partial charge in [-0.1, -0.05) is 0 Å². The number of hydrogen-bond donors (Lipinski definition) is 0. The fourth-order valence-corrected chi connectivity index (χ4v) is 2.95. The lowest BCUT2D eigenvalue weighted by atomic mass is 10.1. The van der Waals surface area contributed by atoms with Gasteiger partial charge in [-0.2, -0.15) is 5.26 Å². The average molecular weight is 322 g/mol. The van der Waals surface area contributed by atoms with Crippen molar-refractivity contribution in [2.24, 2.45) is 0 Å². The van der Waals surface area contributed by atoms with Crippen LogP contribution in [-0.2, 0) is 0 Å². The zero-order chi connectivity index (χ0) is 17.3. The summed E-state index contributed by atoms with van der Waals surface area (Å²) < 4.78 is 18.0. The first-order valence-corrected chi connectivity index (χ1v) is 7.46. The second-order valence-electron chi connectivity index (χ2n) is 5.33. The van der Waals surface area contributed by atoms with Crippen LogP contribution < -0.4 is 14.2 Å². The summed E-state index contributed by atoms with van der Waals surface area (Å²) in [7, 11) is 4.82. The van der Waals surface area contributed by atoms with E-state index in [4.69, 9.17) is 14.2 Å². The molecule has 5 nitrogen and oxygen atoms in total. The Morgan fingerprint density at radius 3 is 2.08 bits per heavy atom. The standard InChI is InChI=1S/C19H18N2O3/c1-12-16(11-20)15-9-18(23-3)19(24-4)10-17(15)21(12)13-5-7-14(22-2)8-6-13/h5-10H,1-4H3. The van der Waals surface area contributed by atoms with Crippen LogP contribution in [0.4, 0.5) is 0 Å². The fourth-order valence-electron chi connectivity index (χ4n) is 2.95. The van der Waals surface area contributed by atoms with Crippen LogP contribution in [0.3, 0.4) is 0 Å². The Bertz CT molecular complexity index is 934. The molecule has 122 valence electrons. The first-order valence-electron chi connectivity index (χ1n) is 7.46. The molecule has 0 fully saturated rings. The predicted octanol–water partition coefficient (Wildman–Crippen LogP) is 3.84. The van der Waals surface area contributed by atoms with E-state index in [-0.39, 0.29) is 0 Å². The molecule has 0 spiro atoms. The smallest absolute Gasteiger partial charge is 0.162 e. The van der Waals surface area contributed by atoms with Crippen LogP contribution in [0.15, 0.2) is 36.4 Å². The summed E-state index contributed by atoms with van der Waals surface area (Å²) in [5.41, 5.74) is 3.34. The van der Waals surface area contributed by atoms with Crippen LogP contribution in [0.1, 0.15) is 11.3 Å². The second-order valence-corrected chi connectivity index (χ2v) is 5.33. The summed E-state index contributed by atoms with van der Waals surface area (Å²) >= 11 is 0. The van der Waals surface area contributed by atoms with Crippen molar-refractivity contribution >= 4 is 10.9 Å². The molecule has 0 atom stereocenters. The highest BCUT2D eigenvalue weighted by atomic mass is 16.5. The Morgan fingerprint density at radius 2 is 1.54 bits per heavy atom. The summed E-state index contributed by atoms with van der Waals surface area (Å²) in [5, 5.41) is 10.4. The van der Waals surface area contributed by atoms with Crippen LogP contribution in [0.5, 0.6) is 17.2 Å². The molecule has 0 saturated heterocycles. The van der Waals surface area contributed by atoms with Gasteiger partial charge in [0.15, 0.2) is 11.5 Å². The molecule has 0 N–H and O–H groups in total. The monoisotopic (exact) mass is 322 g/mol. The molecule has 5 heteroatoms. The first kappa shape index (κ1) is 15.8. The van der Waals surface area contributed by atoms with Crippen LogP contribution >= 0.6 is 0 Å². The number of fused-ring (bicyclic) bond motifs is 1. The van der Waals surface area contributed by atoms with Gasteiger partial charge in [-0.15, -0.1) is 0 Å². The number of ether oxygens (including phenoxy) is 3. The number of nitriles is 1. The Morgan fingerprint density at radius 1 is 0.917 bits per heavy atom. The number of hydrogen-bond acceptors (Lipinski definition) is 4. The molecule has 2 aromatic carbocycles. The van der Waals surface area contributed by atoms with Gasteiger partial charge in [0, 0.05) is 22.8 Å². The molecule has 0 aliphatic heterocycles. The topological polar surface area (TPSA) is 56.4 Å². The second kappa shape index (κ2) is 6.17. The maximum atomic E-state index is 9.59. The molecule has 0 amide bonds. The number of benzene rings is 2. The van der Waals surface area contributed by atoms with E-state index in [2.05, 4.69) is 6.07 Å². The zero-order valence-electron chi connectivity index (χ0n) is 14.1. The molecule has 3 rings (SSSR count). The Balaban J connectivity index is 2.34. The minimum atomic E-state index is 0.605. The maximum absolute atomic E-state index is 9.59. The van der Waals surface area contributed by atoms with Gasteiger partial charge in [0.1, 0.15) is 11.8 Å². The van der Waals surface area contributed by atoms with E-state index < -0.39 is 0 Å². The van der Waals surface area contributed by atoms with Crippen molar-refractivity contribution in [2.75, 3.05) is 21.3 Å². The van der Waals surface area contributed by atoms with Crippen molar-refractivity contribution in [1.29, 1.82) is 5.26 Å². The van der Waals surface area contributed by atoms with Gasteiger partial charge in [0.2, 0.25) is 0 Å². The van der Waals surface area contributed by atoms with Gasteiger partial charge in [0.25, 0.3) is 0 Å². The van der Waals surface area contributed by atoms with E-state index in [9.17, 15) is 5.26 Å². The molecule has 0 radical (unpaired) electrons. The highest BCUT2D eigenvalue weighted by molar-refractivity contribution is 5.92.